The van der Waals surface area contributed by atoms with Crippen LogP contribution >= 0.6 is 0 Å². The molecule has 0 saturated carbocycles. The molecule has 0 bridgehead atoms. The maximum absolute atomic E-state index is 5.00. The molecule has 2 aromatic heterocycles. The molecular weight excluding hydrogens is 170 g/mol. The SMILES string of the molecule is COc1cncc(-c2ncno2)c1. The van der Waals surface area contributed by atoms with Gasteiger partial charge >= 0.3 is 0 Å². The average molecular weight is 177 g/mol. The molecule has 0 aliphatic heterocycles. The Labute approximate surface area is 74.4 Å². The number of ether oxygens (including phenoxy) is 1. The lowest BCUT2D eigenvalue weighted by Crippen LogP contribution is -1.85. The number of hydrogen-bond acceptors (Lipinski definition) is 5. The topological polar surface area (TPSA) is 61.0 Å². The van der Waals surface area contributed by atoms with E-state index in [1.807, 2.05) is 0 Å². The van der Waals surface area contributed by atoms with Crippen LogP contribution in [-0.2, 0) is 0 Å². The van der Waals surface area contributed by atoms with E-state index in [1.165, 1.54) is 6.33 Å². The van der Waals surface area contributed by atoms with E-state index in [0.717, 1.165) is 5.56 Å². The van der Waals surface area contributed by atoms with E-state index in [-0.39, 0.29) is 0 Å². The first-order valence-corrected chi connectivity index (χ1v) is 3.66. The summed E-state index contributed by atoms with van der Waals surface area (Å²) in [4.78, 5) is 7.85. The van der Waals surface area contributed by atoms with Crippen LogP contribution in [0.25, 0.3) is 11.5 Å². The van der Waals surface area contributed by atoms with E-state index < -0.39 is 0 Å². The van der Waals surface area contributed by atoms with Crippen molar-refractivity contribution in [3.8, 4) is 17.2 Å². The smallest absolute Gasteiger partial charge is 0.259 e. The Morgan fingerprint density at radius 2 is 2.31 bits per heavy atom. The zero-order valence-electron chi connectivity index (χ0n) is 6.97. The van der Waals surface area contributed by atoms with Gasteiger partial charge in [0, 0.05) is 6.20 Å². The number of aromatic nitrogens is 3. The molecule has 0 saturated heterocycles. The number of pyridine rings is 1. The Bertz CT molecular complexity index is 386. The van der Waals surface area contributed by atoms with Crippen molar-refractivity contribution in [1.82, 2.24) is 15.1 Å². The third-order valence-corrected chi connectivity index (χ3v) is 1.56. The minimum absolute atomic E-state index is 0.436. The molecule has 2 aromatic rings. The molecule has 5 nitrogen and oxygen atoms in total. The first kappa shape index (κ1) is 7.72. The highest BCUT2D eigenvalue weighted by molar-refractivity contribution is 5.53. The molecule has 0 unspecified atom stereocenters. The molecule has 2 heterocycles. The lowest BCUT2D eigenvalue weighted by molar-refractivity contribution is 0.411. The summed E-state index contributed by atoms with van der Waals surface area (Å²) in [5.41, 5.74) is 0.747. The maximum Gasteiger partial charge on any atom is 0.259 e. The van der Waals surface area contributed by atoms with E-state index in [4.69, 9.17) is 9.26 Å². The predicted molar refractivity (Wildman–Crippen MR) is 44.1 cm³/mol. The van der Waals surface area contributed by atoms with Crippen LogP contribution in [0.5, 0.6) is 5.75 Å². The first-order valence-electron chi connectivity index (χ1n) is 3.66. The van der Waals surface area contributed by atoms with Crippen molar-refractivity contribution >= 4 is 0 Å². The first-order chi connectivity index (χ1) is 6.40. The van der Waals surface area contributed by atoms with E-state index in [0.29, 0.717) is 11.6 Å². The summed E-state index contributed by atoms with van der Waals surface area (Å²) in [5, 5.41) is 3.50. The van der Waals surface area contributed by atoms with E-state index >= 15 is 0 Å². The Kier molecular flexibility index (Phi) is 1.91. The maximum atomic E-state index is 5.00. The molecule has 2 rings (SSSR count). The van der Waals surface area contributed by atoms with Gasteiger partial charge in [-0.1, -0.05) is 5.16 Å². The lowest BCUT2D eigenvalue weighted by Gasteiger charge is -1.98. The number of hydrogen-bond donors (Lipinski definition) is 0. The summed E-state index contributed by atoms with van der Waals surface area (Å²) in [5.74, 6) is 1.10. The van der Waals surface area contributed by atoms with Crippen molar-refractivity contribution in [2.45, 2.75) is 0 Å². The van der Waals surface area contributed by atoms with Crippen molar-refractivity contribution in [3.05, 3.63) is 24.8 Å². The predicted octanol–water partition coefficient (Wildman–Crippen LogP) is 1.14. The molecule has 0 spiro atoms. The van der Waals surface area contributed by atoms with Crippen LogP contribution in [0, 0.1) is 0 Å². The van der Waals surface area contributed by atoms with Gasteiger partial charge in [0.25, 0.3) is 5.89 Å². The minimum atomic E-state index is 0.436. The van der Waals surface area contributed by atoms with Gasteiger partial charge in [0.1, 0.15) is 5.75 Å². The van der Waals surface area contributed by atoms with Crippen LogP contribution in [0.2, 0.25) is 0 Å². The van der Waals surface area contributed by atoms with Crippen molar-refractivity contribution < 1.29 is 9.26 Å². The van der Waals surface area contributed by atoms with Gasteiger partial charge in [0.15, 0.2) is 6.33 Å². The third kappa shape index (κ3) is 1.48. The molecular formula is C8H7N3O2. The summed E-state index contributed by atoms with van der Waals surface area (Å²) >= 11 is 0. The van der Waals surface area contributed by atoms with Gasteiger partial charge < -0.3 is 9.26 Å². The van der Waals surface area contributed by atoms with Crippen LogP contribution in [-0.4, -0.2) is 22.2 Å². The monoisotopic (exact) mass is 177 g/mol. The standard InChI is InChI=1S/C8H7N3O2/c1-12-7-2-6(3-9-4-7)8-10-5-11-13-8/h2-5H,1H3. The zero-order chi connectivity index (χ0) is 9.10. The van der Waals surface area contributed by atoms with Gasteiger partial charge in [0.2, 0.25) is 0 Å². The second-order valence-electron chi connectivity index (χ2n) is 2.36. The van der Waals surface area contributed by atoms with Gasteiger partial charge in [-0.3, -0.25) is 4.98 Å². The minimum Gasteiger partial charge on any atom is -0.495 e. The number of nitrogens with zero attached hydrogens (tertiary/aromatic N) is 3. The van der Waals surface area contributed by atoms with Crippen LogP contribution in [0.4, 0.5) is 0 Å². The second-order valence-corrected chi connectivity index (χ2v) is 2.36. The third-order valence-electron chi connectivity index (χ3n) is 1.56. The Morgan fingerprint density at radius 3 is 3.00 bits per heavy atom. The number of rotatable bonds is 2. The Balaban J connectivity index is 2.41. The Morgan fingerprint density at radius 1 is 1.38 bits per heavy atom. The molecule has 0 aromatic carbocycles. The average Bonchev–Trinajstić information content (AvgIpc) is 2.71. The molecule has 0 atom stereocenters. The highest BCUT2D eigenvalue weighted by Gasteiger charge is 2.04. The number of methoxy groups -OCH3 is 1. The summed E-state index contributed by atoms with van der Waals surface area (Å²) in [6.45, 7) is 0. The van der Waals surface area contributed by atoms with Crippen LogP contribution in [0.1, 0.15) is 0 Å². The highest BCUT2D eigenvalue weighted by Crippen LogP contribution is 2.19. The summed E-state index contributed by atoms with van der Waals surface area (Å²) in [7, 11) is 1.58. The van der Waals surface area contributed by atoms with Crippen molar-refractivity contribution in [3.63, 3.8) is 0 Å². The fourth-order valence-corrected chi connectivity index (χ4v) is 0.948. The van der Waals surface area contributed by atoms with Crippen LogP contribution in [0.3, 0.4) is 0 Å². The molecule has 5 heteroatoms. The van der Waals surface area contributed by atoms with Gasteiger partial charge in [0.05, 0.1) is 18.9 Å². The molecule has 13 heavy (non-hydrogen) atoms. The molecule has 0 fully saturated rings. The van der Waals surface area contributed by atoms with Crippen LogP contribution < -0.4 is 4.74 Å². The van der Waals surface area contributed by atoms with E-state index in [9.17, 15) is 0 Å². The second kappa shape index (κ2) is 3.22. The highest BCUT2D eigenvalue weighted by atomic mass is 16.5. The molecule has 0 N–H and O–H groups in total. The zero-order valence-corrected chi connectivity index (χ0v) is 6.97. The normalized spacial score (nSPS) is 9.92. The fourth-order valence-electron chi connectivity index (χ4n) is 0.948. The van der Waals surface area contributed by atoms with E-state index in [1.54, 1.807) is 25.6 Å². The molecule has 0 aliphatic rings. The lowest BCUT2D eigenvalue weighted by atomic mass is 10.3. The van der Waals surface area contributed by atoms with Gasteiger partial charge in [-0.25, -0.2) is 0 Å². The quantitative estimate of drug-likeness (QED) is 0.688. The Hall–Kier alpha value is -1.91. The summed E-state index contributed by atoms with van der Waals surface area (Å²) in [6, 6.07) is 1.78. The van der Waals surface area contributed by atoms with Gasteiger partial charge in [-0.2, -0.15) is 4.98 Å². The summed E-state index contributed by atoms with van der Waals surface area (Å²) < 4.78 is 9.86. The molecule has 0 radical (unpaired) electrons. The van der Waals surface area contributed by atoms with Gasteiger partial charge in [-0.05, 0) is 6.07 Å². The molecule has 0 aliphatic carbocycles. The van der Waals surface area contributed by atoms with Crippen molar-refractivity contribution in [2.24, 2.45) is 0 Å². The molecule has 66 valence electrons. The largest absolute Gasteiger partial charge is 0.495 e. The van der Waals surface area contributed by atoms with Gasteiger partial charge in [-0.15, -0.1) is 0 Å². The van der Waals surface area contributed by atoms with Crippen LogP contribution in [0.15, 0.2) is 29.3 Å². The summed E-state index contributed by atoms with van der Waals surface area (Å²) in [6.07, 6.45) is 4.59. The fraction of sp³-hybridized carbons (Fsp3) is 0.125. The van der Waals surface area contributed by atoms with E-state index in [2.05, 4.69) is 15.1 Å². The van der Waals surface area contributed by atoms with Crippen molar-refractivity contribution in [2.75, 3.05) is 7.11 Å². The molecule has 0 amide bonds. The van der Waals surface area contributed by atoms with Crippen molar-refractivity contribution in [1.29, 1.82) is 0 Å².